The first-order chi connectivity index (χ1) is 10.3. The lowest BCUT2D eigenvalue weighted by Crippen LogP contribution is -2.40. The number of hydrogen-bond donors (Lipinski definition) is 2. The molecule has 2 aromatic rings. The van der Waals surface area contributed by atoms with Crippen molar-refractivity contribution in [2.45, 2.75) is 38.5 Å². The van der Waals surface area contributed by atoms with Gasteiger partial charge in [0.25, 0.3) is 0 Å². The van der Waals surface area contributed by atoms with E-state index in [9.17, 15) is 4.79 Å². The summed E-state index contributed by atoms with van der Waals surface area (Å²) in [6.45, 7) is 3.88. The molecule has 0 spiro atoms. The lowest BCUT2D eigenvalue weighted by Gasteiger charge is -2.38. The van der Waals surface area contributed by atoms with E-state index in [1.54, 1.807) is 0 Å². The van der Waals surface area contributed by atoms with E-state index in [4.69, 9.17) is 21.4 Å². The highest BCUT2D eigenvalue weighted by atomic mass is 127. The molecule has 7 heteroatoms. The summed E-state index contributed by atoms with van der Waals surface area (Å²) in [6, 6.07) is 7.54. The second-order valence-corrected chi connectivity index (χ2v) is 6.35. The molecule has 1 unspecified atom stereocenters. The van der Waals surface area contributed by atoms with E-state index < -0.39 is 11.6 Å². The molecule has 124 valence electrons. The predicted molar refractivity (Wildman–Crippen MR) is 101 cm³/mol. The fourth-order valence-corrected chi connectivity index (χ4v) is 2.90. The summed E-state index contributed by atoms with van der Waals surface area (Å²) in [5.74, 6) is -0.836. The quantitative estimate of drug-likeness (QED) is 0.682. The second kappa shape index (κ2) is 6.78. The van der Waals surface area contributed by atoms with Gasteiger partial charge in [0.15, 0.2) is 0 Å². The summed E-state index contributed by atoms with van der Waals surface area (Å²) in [5.41, 5.74) is 1.94. The van der Waals surface area contributed by atoms with E-state index in [0.29, 0.717) is 11.4 Å². The van der Waals surface area contributed by atoms with E-state index in [-0.39, 0.29) is 36.6 Å². The normalized spacial score (nSPS) is 18.7. The average Bonchev–Trinajstić information content (AvgIpc) is 2.42. The minimum absolute atomic E-state index is 0. The second-order valence-electron chi connectivity index (χ2n) is 5.92. The number of nitrogens with one attached hydrogen (secondary N) is 1. The molecule has 1 aromatic carbocycles. The van der Waals surface area contributed by atoms with Crippen LogP contribution in [-0.4, -0.2) is 22.3 Å². The third-order valence-electron chi connectivity index (χ3n) is 3.72. The molecule has 1 aliphatic rings. The number of halogens is 2. The van der Waals surface area contributed by atoms with Crippen molar-refractivity contribution < 1.29 is 14.6 Å². The van der Waals surface area contributed by atoms with Gasteiger partial charge in [-0.1, -0.05) is 11.6 Å². The zero-order chi connectivity index (χ0) is 15.9. The Kier molecular flexibility index (Phi) is 5.37. The van der Waals surface area contributed by atoms with Gasteiger partial charge in [-0.2, -0.15) is 0 Å². The molecule has 5 nitrogen and oxygen atoms in total. The zero-order valence-corrected chi connectivity index (χ0v) is 15.9. The van der Waals surface area contributed by atoms with E-state index in [2.05, 4.69) is 10.3 Å². The molecule has 2 heterocycles. The first-order valence-corrected chi connectivity index (χ1v) is 7.50. The SMILES string of the molecule is CC1(C)OC(CCC(=O)O)Nc2cc3cc(Cl)ccc3nc21.I. The highest BCUT2D eigenvalue weighted by molar-refractivity contribution is 14.0. The highest BCUT2D eigenvalue weighted by Crippen LogP contribution is 2.38. The van der Waals surface area contributed by atoms with E-state index in [1.807, 2.05) is 38.1 Å². The predicted octanol–water partition coefficient (Wildman–Crippen LogP) is 4.37. The van der Waals surface area contributed by atoms with Gasteiger partial charge in [0.2, 0.25) is 0 Å². The van der Waals surface area contributed by atoms with Gasteiger partial charge in [-0.3, -0.25) is 4.79 Å². The molecule has 0 aliphatic carbocycles. The van der Waals surface area contributed by atoms with Gasteiger partial charge in [0.1, 0.15) is 11.8 Å². The fourth-order valence-electron chi connectivity index (χ4n) is 2.72. The topological polar surface area (TPSA) is 71.5 Å². The van der Waals surface area contributed by atoms with Crippen molar-refractivity contribution in [2.24, 2.45) is 0 Å². The van der Waals surface area contributed by atoms with E-state index >= 15 is 0 Å². The van der Waals surface area contributed by atoms with Crippen LogP contribution in [0.2, 0.25) is 5.02 Å². The summed E-state index contributed by atoms with van der Waals surface area (Å²) in [7, 11) is 0. The molecular formula is C16H18ClIN2O3. The number of hydrogen-bond acceptors (Lipinski definition) is 4. The van der Waals surface area contributed by atoms with Crippen LogP contribution in [0.3, 0.4) is 0 Å². The lowest BCUT2D eigenvalue weighted by molar-refractivity contribution is -0.139. The van der Waals surface area contributed by atoms with Crippen LogP contribution in [0.25, 0.3) is 10.9 Å². The lowest BCUT2D eigenvalue weighted by atomic mass is 9.98. The van der Waals surface area contributed by atoms with Crippen LogP contribution in [-0.2, 0) is 15.1 Å². The summed E-state index contributed by atoms with van der Waals surface area (Å²) >= 11 is 6.03. The summed E-state index contributed by atoms with van der Waals surface area (Å²) < 4.78 is 5.96. The van der Waals surface area contributed by atoms with Crippen LogP contribution in [0.15, 0.2) is 24.3 Å². The first-order valence-electron chi connectivity index (χ1n) is 7.12. The number of carboxylic acids is 1. The smallest absolute Gasteiger partial charge is 0.303 e. The van der Waals surface area contributed by atoms with Crippen molar-refractivity contribution in [3.63, 3.8) is 0 Å². The van der Waals surface area contributed by atoms with Gasteiger partial charge >= 0.3 is 5.97 Å². The van der Waals surface area contributed by atoms with Crippen molar-refractivity contribution in [2.75, 3.05) is 5.32 Å². The number of carboxylic acid groups (broad SMARTS) is 1. The van der Waals surface area contributed by atoms with E-state index in [0.717, 1.165) is 22.3 Å². The maximum atomic E-state index is 10.8. The van der Waals surface area contributed by atoms with Crippen LogP contribution >= 0.6 is 35.6 Å². The molecule has 0 amide bonds. The maximum absolute atomic E-state index is 10.8. The van der Waals surface area contributed by atoms with Crippen LogP contribution in [0.5, 0.6) is 0 Å². The molecule has 0 radical (unpaired) electrons. The Bertz CT molecular complexity index is 751. The average molecular weight is 449 g/mol. The molecule has 0 bridgehead atoms. The summed E-state index contributed by atoms with van der Waals surface area (Å²) in [4.78, 5) is 15.4. The van der Waals surface area contributed by atoms with Crippen LogP contribution in [0.1, 0.15) is 32.4 Å². The van der Waals surface area contributed by atoms with Gasteiger partial charge < -0.3 is 15.2 Å². The Labute approximate surface area is 156 Å². The number of ether oxygens (including phenoxy) is 1. The van der Waals surface area contributed by atoms with Crippen molar-refractivity contribution in [1.82, 2.24) is 4.98 Å². The molecule has 23 heavy (non-hydrogen) atoms. The molecule has 3 rings (SSSR count). The molecule has 2 N–H and O–H groups in total. The zero-order valence-electron chi connectivity index (χ0n) is 12.8. The minimum Gasteiger partial charge on any atom is -0.481 e. The largest absolute Gasteiger partial charge is 0.481 e. The fraction of sp³-hybridized carbons (Fsp3) is 0.375. The number of anilines is 1. The first kappa shape index (κ1) is 18.2. The Morgan fingerprint density at radius 1 is 1.43 bits per heavy atom. The molecular weight excluding hydrogens is 431 g/mol. The number of aromatic nitrogens is 1. The Morgan fingerprint density at radius 3 is 2.87 bits per heavy atom. The molecule has 1 atom stereocenters. The molecule has 0 saturated heterocycles. The molecule has 0 saturated carbocycles. The Morgan fingerprint density at radius 2 is 2.17 bits per heavy atom. The third kappa shape index (κ3) is 3.87. The number of carbonyl (C=O) groups is 1. The summed E-state index contributed by atoms with van der Waals surface area (Å²) in [6.07, 6.45) is 0.0962. The number of rotatable bonds is 3. The number of pyridine rings is 1. The number of fused-ring (bicyclic) bond motifs is 2. The monoisotopic (exact) mass is 448 g/mol. The highest BCUT2D eigenvalue weighted by Gasteiger charge is 2.35. The Hall–Kier alpha value is -1.12. The molecule has 1 aliphatic heterocycles. The standard InChI is InChI=1S/C16H17ClN2O3.HI/c1-16(2)15-12(18-13(22-16)5-6-14(20)21)8-9-7-10(17)3-4-11(9)19-15;/h3-4,7-8,13,18H,5-6H2,1-2H3,(H,20,21);1H. The molecule has 1 aromatic heterocycles. The van der Waals surface area contributed by atoms with Gasteiger partial charge in [-0.05, 0) is 38.1 Å². The van der Waals surface area contributed by atoms with Crippen LogP contribution in [0.4, 0.5) is 5.69 Å². The van der Waals surface area contributed by atoms with Gasteiger partial charge in [0, 0.05) is 23.3 Å². The third-order valence-corrected chi connectivity index (χ3v) is 3.96. The number of benzene rings is 1. The van der Waals surface area contributed by atoms with Crippen molar-refractivity contribution >= 4 is 58.1 Å². The maximum Gasteiger partial charge on any atom is 0.303 e. The van der Waals surface area contributed by atoms with Crippen molar-refractivity contribution in [3.05, 3.63) is 35.0 Å². The Balaban J connectivity index is 0.00000192. The van der Waals surface area contributed by atoms with Crippen molar-refractivity contribution in [1.29, 1.82) is 0 Å². The van der Waals surface area contributed by atoms with Crippen LogP contribution in [0, 0.1) is 0 Å². The van der Waals surface area contributed by atoms with Gasteiger partial charge in [0.05, 0.1) is 16.9 Å². The van der Waals surface area contributed by atoms with Gasteiger partial charge in [-0.15, -0.1) is 24.0 Å². The summed E-state index contributed by atoms with van der Waals surface area (Å²) in [5, 5.41) is 13.7. The number of aliphatic carboxylic acids is 1. The minimum atomic E-state index is -0.836. The van der Waals surface area contributed by atoms with Gasteiger partial charge in [-0.25, -0.2) is 4.98 Å². The van der Waals surface area contributed by atoms with E-state index in [1.165, 1.54) is 0 Å². The molecule has 0 fully saturated rings. The number of nitrogens with zero attached hydrogens (tertiary/aromatic N) is 1. The van der Waals surface area contributed by atoms with Crippen LogP contribution < -0.4 is 5.32 Å². The van der Waals surface area contributed by atoms with Crippen molar-refractivity contribution in [3.8, 4) is 0 Å².